The summed E-state index contributed by atoms with van der Waals surface area (Å²) >= 11 is 12.5. The third-order valence-electron chi connectivity index (χ3n) is 4.27. The van der Waals surface area contributed by atoms with Gasteiger partial charge in [0.1, 0.15) is 5.75 Å². The first-order valence-corrected chi connectivity index (χ1v) is 8.36. The van der Waals surface area contributed by atoms with Crippen LogP contribution in [0.5, 0.6) is 17.2 Å². The van der Waals surface area contributed by atoms with Crippen LogP contribution in [0.1, 0.15) is 22.7 Å². The van der Waals surface area contributed by atoms with Crippen LogP contribution < -0.4 is 19.5 Å². The lowest BCUT2D eigenvalue weighted by Gasteiger charge is -2.30. The van der Waals surface area contributed by atoms with Crippen molar-refractivity contribution in [3.05, 3.63) is 51.0 Å². The highest BCUT2D eigenvalue weighted by atomic mass is 35.5. The van der Waals surface area contributed by atoms with Crippen molar-refractivity contribution in [3.63, 3.8) is 0 Å². The van der Waals surface area contributed by atoms with Crippen LogP contribution in [0.3, 0.4) is 0 Å². The molecule has 0 saturated carbocycles. The lowest BCUT2D eigenvalue weighted by molar-refractivity contribution is 0.348. The second-order valence-electron chi connectivity index (χ2n) is 5.52. The summed E-state index contributed by atoms with van der Waals surface area (Å²) in [6, 6.07) is 7.44. The van der Waals surface area contributed by atoms with E-state index in [4.69, 9.17) is 37.4 Å². The third-order valence-corrected chi connectivity index (χ3v) is 4.77. The number of hydrogen-bond acceptors (Lipinski definition) is 4. The highest BCUT2D eigenvalue weighted by Gasteiger charge is 2.28. The summed E-state index contributed by atoms with van der Waals surface area (Å²) in [5, 5.41) is 4.58. The molecule has 6 heteroatoms. The summed E-state index contributed by atoms with van der Waals surface area (Å²) in [5.41, 5.74) is 3.14. The van der Waals surface area contributed by atoms with Crippen molar-refractivity contribution >= 4 is 23.2 Å². The second kappa shape index (κ2) is 7.09. The first kappa shape index (κ1) is 17.2. The molecule has 1 unspecified atom stereocenters. The van der Waals surface area contributed by atoms with E-state index in [2.05, 4.69) is 5.32 Å². The van der Waals surface area contributed by atoms with Crippen LogP contribution in [0.2, 0.25) is 10.0 Å². The first-order chi connectivity index (χ1) is 11.6. The van der Waals surface area contributed by atoms with Crippen LogP contribution in [0, 0.1) is 0 Å². The molecule has 0 saturated heterocycles. The maximum atomic E-state index is 6.31. The van der Waals surface area contributed by atoms with Crippen molar-refractivity contribution in [3.8, 4) is 17.2 Å². The van der Waals surface area contributed by atoms with Crippen LogP contribution in [-0.2, 0) is 6.42 Å². The Morgan fingerprint density at radius 3 is 2.38 bits per heavy atom. The highest BCUT2D eigenvalue weighted by Crippen LogP contribution is 2.44. The van der Waals surface area contributed by atoms with E-state index in [0.717, 1.165) is 41.2 Å². The fourth-order valence-corrected chi connectivity index (χ4v) is 3.86. The Morgan fingerprint density at radius 2 is 1.71 bits per heavy atom. The van der Waals surface area contributed by atoms with Crippen LogP contribution in [0.15, 0.2) is 24.3 Å². The van der Waals surface area contributed by atoms with Gasteiger partial charge in [-0.3, -0.25) is 0 Å². The molecule has 2 aromatic rings. The molecule has 0 bridgehead atoms. The highest BCUT2D eigenvalue weighted by molar-refractivity contribution is 6.35. The van der Waals surface area contributed by atoms with Crippen molar-refractivity contribution in [1.29, 1.82) is 0 Å². The molecular formula is C18H19Cl2NO3. The molecule has 0 radical (unpaired) electrons. The minimum Gasteiger partial charge on any atom is -0.495 e. The number of benzene rings is 2. The fourth-order valence-electron chi connectivity index (χ4n) is 3.27. The molecule has 1 aliphatic rings. The van der Waals surface area contributed by atoms with Crippen LogP contribution in [0.4, 0.5) is 0 Å². The molecule has 0 fully saturated rings. The van der Waals surface area contributed by atoms with Crippen molar-refractivity contribution in [1.82, 2.24) is 5.32 Å². The van der Waals surface area contributed by atoms with E-state index in [0.29, 0.717) is 15.8 Å². The van der Waals surface area contributed by atoms with Gasteiger partial charge in [-0.15, -0.1) is 0 Å². The smallest absolute Gasteiger partial charge is 0.164 e. The topological polar surface area (TPSA) is 39.7 Å². The summed E-state index contributed by atoms with van der Waals surface area (Å²) in [6.45, 7) is 0.800. The van der Waals surface area contributed by atoms with E-state index in [1.807, 2.05) is 18.2 Å². The van der Waals surface area contributed by atoms with Gasteiger partial charge < -0.3 is 19.5 Å². The zero-order valence-electron chi connectivity index (χ0n) is 13.8. The monoisotopic (exact) mass is 367 g/mol. The lowest BCUT2D eigenvalue weighted by Crippen LogP contribution is -2.31. The molecule has 1 aliphatic heterocycles. The van der Waals surface area contributed by atoms with Gasteiger partial charge in [-0.25, -0.2) is 0 Å². The summed E-state index contributed by atoms with van der Waals surface area (Å²) in [7, 11) is 4.91. The summed E-state index contributed by atoms with van der Waals surface area (Å²) in [6.07, 6.45) is 0.850. The van der Waals surface area contributed by atoms with Gasteiger partial charge in [0, 0.05) is 22.7 Å². The number of nitrogens with one attached hydrogen (secondary N) is 1. The van der Waals surface area contributed by atoms with Gasteiger partial charge >= 0.3 is 0 Å². The van der Waals surface area contributed by atoms with Gasteiger partial charge in [-0.1, -0.05) is 29.3 Å². The van der Waals surface area contributed by atoms with Gasteiger partial charge in [-0.05, 0) is 30.2 Å². The van der Waals surface area contributed by atoms with Crippen molar-refractivity contribution in [2.45, 2.75) is 12.5 Å². The Labute approximate surface area is 151 Å². The standard InChI is InChI=1S/C18H19Cl2NO3/c1-22-15-5-4-11-12(18(15)24-3)6-7-21-16(11)13-8-10(19)9-14(20)17(13)23-2/h4-5,8-9,16,21H,6-7H2,1-3H3. The largest absolute Gasteiger partial charge is 0.495 e. The number of rotatable bonds is 4. The molecule has 1 atom stereocenters. The van der Waals surface area contributed by atoms with Crippen molar-refractivity contribution in [2.75, 3.05) is 27.9 Å². The second-order valence-corrected chi connectivity index (χ2v) is 6.36. The van der Waals surface area contributed by atoms with E-state index < -0.39 is 0 Å². The van der Waals surface area contributed by atoms with Gasteiger partial charge in [0.05, 0.1) is 32.4 Å². The number of halogens is 2. The average Bonchev–Trinajstić information content (AvgIpc) is 2.59. The summed E-state index contributed by atoms with van der Waals surface area (Å²) in [4.78, 5) is 0. The normalized spacial score (nSPS) is 16.5. The van der Waals surface area contributed by atoms with Gasteiger partial charge in [-0.2, -0.15) is 0 Å². The predicted octanol–water partition coefficient (Wildman–Crippen LogP) is 4.25. The van der Waals surface area contributed by atoms with E-state index in [9.17, 15) is 0 Å². The van der Waals surface area contributed by atoms with Crippen molar-refractivity contribution < 1.29 is 14.2 Å². The SMILES string of the molecule is COc1ccc2c(c1OC)CCNC2c1cc(Cl)cc(Cl)c1OC. The third kappa shape index (κ3) is 2.90. The Morgan fingerprint density at radius 1 is 0.958 bits per heavy atom. The molecule has 1 heterocycles. The van der Waals surface area contributed by atoms with Gasteiger partial charge in [0.15, 0.2) is 11.5 Å². The van der Waals surface area contributed by atoms with E-state index in [1.165, 1.54) is 0 Å². The number of hydrogen-bond donors (Lipinski definition) is 1. The fraction of sp³-hybridized carbons (Fsp3) is 0.333. The van der Waals surface area contributed by atoms with Gasteiger partial charge in [0.25, 0.3) is 0 Å². The van der Waals surface area contributed by atoms with Crippen LogP contribution in [-0.4, -0.2) is 27.9 Å². The zero-order chi connectivity index (χ0) is 17.3. The number of ether oxygens (including phenoxy) is 3. The van der Waals surface area contributed by atoms with Gasteiger partial charge in [0.2, 0.25) is 0 Å². The molecular weight excluding hydrogens is 349 g/mol. The first-order valence-electron chi connectivity index (χ1n) is 7.60. The Bertz CT molecular complexity index is 764. The molecule has 128 valence electrons. The Hall–Kier alpha value is -1.62. The van der Waals surface area contributed by atoms with E-state index in [1.54, 1.807) is 27.4 Å². The van der Waals surface area contributed by atoms with E-state index >= 15 is 0 Å². The minimum atomic E-state index is -0.0836. The number of methoxy groups -OCH3 is 3. The zero-order valence-corrected chi connectivity index (χ0v) is 15.3. The summed E-state index contributed by atoms with van der Waals surface area (Å²) in [5.74, 6) is 2.13. The molecule has 24 heavy (non-hydrogen) atoms. The predicted molar refractivity (Wildman–Crippen MR) is 96.1 cm³/mol. The molecule has 2 aromatic carbocycles. The quantitative estimate of drug-likeness (QED) is 0.876. The lowest BCUT2D eigenvalue weighted by atomic mass is 9.88. The van der Waals surface area contributed by atoms with E-state index in [-0.39, 0.29) is 6.04 Å². The molecule has 0 aliphatic carbocycles. The molecule has 1 N–H and O–H groups in total. The molecule has 3 rings (SSSR count). The maximum absolute atomic E-state index is 6.31. The average molecular weight is 368 g/mol. The molecule has 0 aromatic heterocycles. The molecule has 0 amide bonds. The minimum absolute atomic E-state index is 0.0836. The Balaban J connectivity index is 2.18. The molecule has 0 spiro atoms. The van der Waals surface area contributed by atoms with Crippen LogP contribution in [0.25, 0.3) is 0 Å². The Kier molecular flexibility index (Phi) is 5.09. The van der Waals surface area contributed by atoms with Crippen molar-refractivity contribution in [2.24, 2.45) is 0 Å². The molecule has 4 nitrogen and oxygen atoms in total. The summed E-state index contributed by atoms with van der Waals surface area (Å²) < 4.78 is 16.5. The number of fused-ring (bicyclic) bond motifs is 1. The van der Waals surface area contributed by atoms with Crippen LogP contribution >= 0.6 is 23.2 Å². The maximum Gasteiger partial charge on any atom is 0.164 e.